The molecule has 7 rings (SSSR count). The zero-order valence-corrected chi connectivity index (χ0v) is 20.5. The van der Waals surface area contributed by atoms with E-state index in [2.05, 4.69) is 121 Å². The lowest BCUT2D eigenvalue weighted by Crippen LogP contribution is -2.19. The van der Waals surface area contributed by atoms with Crippen LogP contribution in [0, 0.1) is 0 Å². The van der Waals surface area contributed by atoms with Gasteiger partial charge in [0, 0.05) is 41.0 Å². The summed E-state index contributed by atoms with van der Waals surface area (Å²) in [5.74, 6) is 0.934. The molecule has 0 fully saturated rings. The van der Waals surface area contributed by atoms with Gasteiger partial charge >= 0.3 is 0 Å². The van der Waals surface area contributed by atoms with Crippen molar-refractivity contribution in [1.82, 2.24) is 14.9 Å². The molecule has 0 spiro atoms. The van der Waals surface area contributed by atoms with Crippen LogP contribution in [-0.4, -0.2) is 16.1 Å². The molecule has 0 amide bonds. The van der Waals surface area contributed by atoms with E-state index in [1.165, 1.54) is 38.8 Å². The average Bonchev–Trinajstić information content (AvgIpc) is 3.32. The molecule has 3 heterocycles. The minimum atomic E-state index is -0.104. The summed E-state index contributed by atoms with van der Waals surface area (Å²) in [5, 5.41) is 4.71. The van der Waals surface area contributed by atoms with Crippen LogP contribution >= 0.6 is 0 Å². The predicted octanol–water partition coefficient (Wildman–Crippen LogP) is 7.50. The number of fused-ring (bicyclic) bond motifs is 6. The van der Waals surface area contributed by atoms with Gasteiger partial charge in [-0.3, -0.25) is 0 Å². The lowest BCUT2D eigenvalue weighted by molar-refractivity contribution is 0.646. The smallest absolute Gasteiger partial charge is 0.146 e. The summed E-state index contributed by atoms with van der Waals surface area (Å²) in [6, 6.07) is 28.8. The Morgan fingerprint density at radius 3 is 2.19 bits per heavy atom. The van der Waals surface area contributed by atoms with Gasteiger partial charge in [0.05, 0.1) is 5.52 Å². The Morgan fingerprint density at radius 1 is 0.778 bits per heavy atom. The minimum Gasteiger partial charge on any atom is -0.381 e. The van der Waals surface area contributed by atoms with Gasteiger partial charge in [-0.15, -0.1) is 0 Å². The van der Waals surface area contributed by atoms with E-state index in [0.717, 1.165) is 29.1 Å². The van der Waals surface area contributed by atoms with E-state index >= 15 is 0 Å². The fraction of sp³-hybridized carbons (Fsp3) is 0.121. The summed E-state index contributed by atoms with van der Waals surface area (Å²) in [6.45, 7) is 5.51. The summed E-state index contributed by atoms with van der Waals surface area (Å²) >= 11 is 0. The predicted molar refractivity (Wildman–Crippen MR) is 149 cm³/mol. The second-order valence-electron chi connectivity index (χ2n) is 10.1. The number of allylic oxidation sites excluding steroid dienone is 2. The van der Waals surface area contributed by atoms with Crippen LogP contribution in [0.25, 0.3) is 44.7 Å². The number of dihydropyridines is 1. The maximum Gasteiger partial charge on any atom is 0.146 e. The van der Waals surface area contributed by atoms with E-state index in [0.29, 0.717) is 0 Å². The highest BCUT2D eigenvalue weighted by Crippen LogP contribution is 2.49. The zero-order valence-electron chi connectivity index (χ0n) is 20.5. The van der Waals surface area contributed by atoms with Crippen LogP contribution in [0.5, 0.6) is 0 Å². The summed E-state index contributed by atoms with van der Waals surface area (Å²) in [5.41, 5.74) is 11.1. The quantitative estimate of drug-likeness (QED) is 0.292. The third kappa shape index (κ3) is 3.02. The molecule has 3 heteroatoms. The van der Waals surface area contributed by atoms with Crippen LogP contribution in [-0.2, 0) is 5.41 Å². The van der Waals surface area contributed by atoms with Gasteiger partial charge in [-0.1, -0.05) is 74.5 Å². The minimum absolute atomic E-state index is 0.104. The fourth-order valence-electron chi connectivity index (χ4n) is 5.93. The third-order valence-corrected chi connectivity index (χ3v) is 7.73. The molecule has 2 aromatic heterocycles. The zero-order chi connectivity index (χ0) is 24.3. The lowest BCUT2D eigenvalue weighted by Gasteiger charge is -2.28. The van der Waals surface area contributed by atoms with Crippen molar-refractivity contribution in [3.8, 4) is 28.1 Å². The summed E-state index contributed by atoms with van der Waals surface area (Å²) in [7, 11) is 0. The highest BCUT2D eigenvalue weighted by molar-refractivity contribution is 5.99. The Hall–Kier alpha value is -4.37. The van der Waals surface area contributed by atoms with Gasteiger partial charge in [0.15, 0.2) is 0 Å². The first-order chi connectivity index (χ1) is 17.6. The van der Waals surface area contributed by atoms with Crippen LogP contribution in [0.3, 0.4) is 0 Å². The number of benzene rings is 3. The number of pyridine rings is 1. The first kappa shape index (κ1) is 21.0. The molecule has 5 aromatic rings. The standard InChI is InChI=1S/C33H27N3/c1-33(2)28-13-5-3-10-23(28)26-20-22-16-19-36(31(22)21-27(26)24-11-4-6-14-29(24)33)32-25(12-9-18-35-32)30-15-7-8-17-34-30/h3-16,18-21,34H,17H2,1-2H3. The Kier molecular flexibility index (Phi) is 4.55. The molecule has 1 aliphatic heterocycles. The maximum absolute atomic E-state index is 4.84. The van der Waals surface area contributed by atoms with Crippen LogP contribution < -0.4 is 5.32 Å². The van der Waals surface area contributed by atoms with E-state index in [4.69, 9.17) is 4.98 Å². The molecule has 0 radical (unpaired) electrons. The topological polar surface area (TPSA) is 29.9 Å². The van der Waals surface area contributed by atoms with Gasteiger partial charge in [-0.2, -0.15) is 0 Å². The summed E-state index contributed by atoms with van der Waals surface area (Å²) in [4.78, 5) is 4.84. The molecule has 0 unspecified atom stereocenters. The molecule has 0 saturated heterocycles. The number of nitrogens with zero attached hydrogens (tertiary/aromatic N) is 2. The molecule has 1 aliphatic carbocycles. The Bertz CT molecular complexity index is 1710. The van der Waals surface area contributed by atoms with Crippen molar-refractivity contribution in [2.24, 2.45) is 0 Å². The lowest BCUT2D eigenvalue weighted by atomic mass is 9.75. The van der Waals surface area contributed by atoms with Gasteiger partial charge in [-0.05, 0) is 69.8 Å². The van der Waals surface area contributed by atoms with Gasteiger partial charge in [-0.25, -0.2) is 4.98 Å². The number of hydrogen-bond donors (Lipinski definition) is 1. The molecule has 3 nitrogen and oxygen atoms in total. The van der Waals surface area contributed by atoms with Crippen molar-refractivity contribution in [3.63, 3.8) is 0 Å². The third-order valence-electron chi connectivity index (χ3n) is 7.73. The largest absolute Gasteiger partial charge is 0.381 e. The van der Waals surface area contributed by atoms with Crippen molar-refractivity contribution in [3.05, 3.63) is 126 Å². The molecule has 0 saturated carbocycles. The Balaban J connectivity index is 1.53. The summed E-state index contributed by atoms with van der Waals surface area (Å²) < 4.78 is 2.23. The van der Waals surface area contributed by atoms with Crippen molar-refractivity contribution in [2.75, 3.05) is 6.54 Å². The van der Waals surface area contributed by atoms with Gasteiger partial charge in [0.25, 0.3) is 0 Å². The molecule has 3 aromatic carbocycles. The van der Waals surface area contributed by atoms with E-state index in [-0.39, 0.29) is 5.41 Å². The molecular formula is C33H27N3. The number of aromatic nitrogens is 2. The van der Waals surface area contributed by atoms with Crippen LogP contribution in [0.2, 0.25) is 0 Å². The Morgan fingerprint density at radius 2 is 1.47 bits per heavy atom. The van der Waals surface area contributed by atoms with Crippen molar-refractivity contribution in [1.29, 1.82) is 0 Å². The van der Waals surface area contributed by atoms with Gasteiger partial charge in [0.1, 0.15) is 5.82 Å². The van der Waals surface area contributed by atoms with Crippen molar-refractivity contribution < 1.29 is 0 Å². The normalized spacial score (nSPS) is 15.3. The number of nitrogens with one attached hydrogen (secondary N) is 1. The first-order valence-electron chi connectivity index (χ1n) is 12.5. The van der Waals surface area contributed by atoms with E-state index in [9.17, 15) is 0 Å². The van der Waals surface area contributed by atoms with E-state index in [1.807, 2.05) is 12.3 Å². The van der Waals surface area contributed by atoms with Crippen LogP contribution in [0.4, 0.5) is 0 Å². The Labute approximate surface area is 211 Å². The van der Waals surface area contributed by atoms with E-state index < -0.39 is 0 Å². The fourth-order valence-corrected chi connectivity index (χ4v) is 5.93. The van der Waals surface area contributed by atoms with Crippen molar-refractivity contribution >= 4 is 16.6 Å². The second kappa shape index (κ2) is 7.82. The van der Waals surface area contributed by atoms with Crippen molar-refractivity contribution in [2.45, 2.75) is 19.3 Å². The monoisotopic (exact) mass is 465 g/mol. The average molecular weight is 466 g/mol. The maximum atomic E-state index is 4.84. The molecular weight excluding hydrogens is 438 g/mol. The molecule has 174 valence electrons. The van der Waals surface area contributed by atoms with Gasteiger partial charge < -0.3 is 9.88 Å². The van der Waals surface area contributed by atoms with Crippen LogP contribution in [0.1, 0.15) is 30.5 Å². The number of rotatable bonds is 2. The van der Waals surface area contributed by atoms with Crippen LogP contribution in [0.15, 0.2) is 109 Å². The SMILES string of the molecule is CC1(C)c2ccccc2-c2cc3ccn(-c4ncccc4C4=CC=CCN4)c3cc2-c2ccccc21. The molecule has 2 aliphatic rings. The highest BCUT2D eigenvalue weighted by Gasteiger charge is 2.33. The molecule has 1 N–H and O–H groups in total. The first-order valence-corrected chi connectivity index (χ1v) is 12.5. The summed E-state index contributed by atoms with van der Waals surface area (Å²) in [6.07, 6.45) is 10.4. The highest BCUT2D eigenvalue weighted by atomic mass is 15.1. The van der Waals surface area contributed by atoms with Gasteiger partial charge in [0.2, 0.25) is 0 Å². The molecule has 0 bridgehead atoms. The molecule has 0 atom stereocenters. The number of hydrogen-bond acceptors (Lipinski definition) is 2. The molecule has 36 heavy (non-hydrogen) atoms. The van der Waals surface area contributed by atoms with E-state index in [1.54, 1.807) is 0 Å². The second-order valence-corrected chi connectivity index (χ2v) is 10.1.